The van der Waals surface area contributed by atoms with Crippen LogP contribution in [0.4, 0.5) is 5.13 Å². The number of aromatic nitrogens is 1. The Hall–Kier alpha value is -1.43. The summed E-state index contributed by atoms with van der Waals surface area (Å²) in [5.74, 6) is 0. The summed E-state index contributed by atoms with van der Waals surface area (Å²) in [6.45, 7) is 4.81. The van der Waals surface area contributed by atoms with Gasteiger partial charge in [0.05, 0.1) is 0 Å². The van der Waals surface area contributed by atoms with Crippen LogP contribution in [0.1, 0.15) is 29.7 Å². The van der Waals surface area contributed by atoms with Gasteiger partial charge in [0.25, 0.3) is 0 Å². The van der Waals surface area contributed by atoms with E-state index in [2.05, 4.69) is 14.8 Å². The number of hydrogen-bond donors (Lipinski definition) is 1. The van der Waals surface area contributed by atoms with Crippen LogP contribution in [-0.4, -0.2) is 41.2 Å². The minimum Gasteiger partial charge on any atom is -0.384 e. The zero-order valence-electron chi connectivity index (χ0n) is 13.3. The molecule has 4 nitrogen and oxygen atoms in total. The Morgan fingerprint density at radius 2 is 1.91 bits per heavy atom. The van der Waals surface area contributed by atoms with Crippen molar-refractivity contribution in [1.82, 2.24) is 9.88 Å². The van der Waals surface area contributed by atoms with Gasteiger partial charge in [-0.2, -0.15) is 0 Å². The van der Waals surface area contributed by atoms with Crippen LogP contribution < -0.4 is 4.90 Å². The number of thiazole rings is 1. The molecular weight excluding hydrogens is 306 g/mol. The number of aliphatic hydroxyl groups is 1. The highest BCUT2D eigenvalue weighted by Crippen LogP contribution is 2.34. The van der Waals surface area contributed by atoms with E-state index in [4.69, 9.17) is 0 Å². The van der Waals surface area contributed by atoms with Crippen molar-refractivity contribution in [2.45, 2.75) is 31.4 Å². The minimum absolute atomic E-state index is 0.702. The van der Waals surface area contributed by atoms with E-state index >= 15 is 0 Å². The van der Waals surface area contributed by atoms with E-state index in [0.717, 1.165) is 43.3 Å². The SMILES string of the molecule is O[C@@]1(c2ccccc2)CCN(Cc2cnc(N3CCCC3)s2)C1. The van der Waals surface area contributed by atoms with Gasteiger partial charge in [-0.05, 0) is 24.8 Å². The first-order chi connectivity index (χ1) is 11.2. The van der Waals surface area contributed by atoms with Crippen LogP contribution in [0.5, 0.6) is 0 Å². The molecule has 1 N–H and O–H groups in total. The fourth-order valence-corrected chi connectivity index (χ4v) is 4.64. The van der Waals surface area contributed by atoms with E-state index < -0.39 is 5.60 Å². The second-order valence-corrected chi connectivity index (χ2v) is 7.76. The molecule has 1 atom stereocenters. The van der Waals surface area contributed by atoms with Crippen LogP contribution in [0.25, 0.3) is 0 Å². The van der Waals surface area contributed by atoms with Crippen LogP contribution in [0.3, 0.4) is 0 Å². The molecule has 1 aromatic carbocycles. The molecule has 122 valence electrons. The van der Waals surface area contributed by atoms with Gasteiger partial charge in [0.1, 0.15) is 5.60 Å². The monoisotopic (exact) mass is 329 g/mol. The second kappa shape index (κ2) is 6.23. The van der Waals surface area contributed by atoms with Crippen molar-refractivity contribution >= 4 is 16.5 Å². The van der Waals surface area contributed by atoms with Crippen molar-refractivity contribution in [3.05, 3.63) is 47.0 Å². The lowest BCUT2D eigenvalue weighted by Gasteiger charge is -2.23. The molecule has 2 aliphatic rings. The largest absolute Gasteiger partial charge is 0.384 e. The van der Waals surface area contributed by atoms with E-state index in [-0.39, 0.29) is 0 Å². The first-order valence-electron chi connectivity index (χ1n) is 8.43. The smallest absolute Gasteiger partial charge is 0.185 e. The molecule has 1 aromatic heterocycles. The maximum Gasteiger partial charge on any atom is 0.185 e. The lowest BCUT2D eigenvalue weighted by Crippen LogP contribution is -2.30. The first kappa shape index (κ1) is 15.1. The minimum atomic E-state index is -0.705. The molecule has 0 aliphatic carbocycles. The molecule has 0 unspecified atom stereocenters. The van der Waals surface area contributed by atoms with Crippen molar-refractivity contribution in [3.8, 4) is 0 Å². The normalized spacial score (nSPS) is 25.3. The number of hydrogen-bond acceptors (Lipinski definition) is 5. The number of likely N-dealkylation sites (tertiary alicyclic amines) is 1. The second-order valence-electron chi connectivity index (χ2n) is 6.66. The third kappa shape index (κ3) is 3.13. The molecule has 3 heterocycles. The van der Waals surface area contributed by atoms with E-state index in [0.29, 0.717) is 6.54 Å². The molecular formula is C18H23N3OS. The highest BCUT2D eigenvalue weighted by Gasteiger charge is 2.37. The van der Waals surface area contributed by atoms with Crippen molar-refractivity contribution in [3.63, 3.8) is 0 Å². The van der Waals surface area contributed by atoms with E-state index in [1.165, 1.54) is 17.7 Å². The molecule has 2 saturated heterocycles. The summed E-state index contributed by atoms with van der Waals surface area (Å²) in [7, 11) is 0. The zero-order valence-corrected chi connectivity index (χ0v) is 14.1. The van der Waals surface area contributed by atoms with Gasteiger partial charge < -0.3 is 10.0 Å². The zero-order chi connectivity index (χ0) is 15.7. The van der Waals surface area contributed by atoms with Gasteiger partial charge in [-0.1, -0.05) is 30.3 Å². The topological polar surface area (TPSA) is 39.6 Å². The molecule has 0 amide bonds. The van der Waals surface area contributed by atoms with E-state index in [9.17, 15) is 5.11 Å². The molecule has 2 aromatic rings. The number of anilines is 1. The number of β-amino-alcohol motifs (C(OH)–C–C–N with tert-alkyl or cyclic N) is 1. The maximum absolute atomic E-state index is 10.9. The number of nitrogens with zero attached hydrogens (tertiary/aromatic N) is 3. The molecule has 4 rings (SSSR count). The summed E-state index contributed by atoms with van der Waals surface area (Å²) in [6.07, 6.45) is 5.38. The van der Waals surface area contributed by atoms with Crippen LogP contribution in [0.2, 0.25) is 0 Å². The van der Waals surface area contributed by atoms with E-state index in [1.807, 2.05) is 36.5 Å². The molecule has 5 heteroatoms. The van der Waals surface area contributed by atoms with Crippen LogP contribution >= 0.6 is 11.3 Å². The highest BCUT2D eigenvalue weighted by molar-refractivity contribution is 7.15. The number of rotatable bonds is 4. The average molecular weight is 329 g/mol. The molecule has 2 aliphatic heterocycles. The van der Waals surface area contributed by atoms with Gasteiger partial charge >= 0.3 is 0 Å². The lowest BCUT2D eigenvalue weighted by molar-refractivity contribution is 0.0454. The molecule has 0 radical (unpaired) electrons. The van der Waals surface area contributed by atoms with Crippen molar-refractivity contribution in [1.29, 1.82) is 0 Å². The van der Waals surface area contributed by atoms with Gasteiger partial charge in [-0.15, -0.1) is 11.3 Å². The van der Waals surface area contributed by atoms with Gasteiger partial charge in [-0.3, -0.25) is 4.90 Å². The molecule has 0 spiro atoms. The molecule has 23 heavy (non-hydrogen) atoms. The molecule has 0 saturated carbocycles. The summed E-state index contributed by atoms with van der Waals surface area (Å²) < 4.78 is 0. The predicted octanol–water partition coefficient (Wildman–Crippen LogP) is 2.84. The van der Waals surface area contributed by atoms with Crippen LogP contribution in [0.15, 0.2) is 36.5 Å². The third-order valence-electron chi connectivity index (χ3n) is 4.94. The fraction of sp³-hybridized carbons (Fsp3) is 0.500. The van der Waals surface area contributed by atoms with Gasteiger partial charge in [0.2, 0.25) is 0 Å². The number of benzene rings is 1. The third-order valence-corrected chi connectivity index (χ3v) is 5.98. The van der Waals surface area contributed by atoms with Gasteiger partial charge in [-0.25, -0.2) is 4.98 Å². The molecule has 0 bridgehead atoms. The van der Waals surface area contributed by atoms with Crippen molar-refractivity contribution in [2.24, 2.45) is 0 Å². The Morgan fingerprint density at radius 3 is 2.70 bits per heavy atom. The Morgan fingerprint density at radius 1 is 1.13 bits per heavy atom. The molecule has 2 fully saturated rings. The standard InChI is InChI=1S/C18H23N3OS/c22-18(15-6-2-1-3-7-15)8-11-20(14-18)13-16-12-19-17(23-16)21-9-4-5-10-21/h1-3,6-7,12,22H,4-5,8-11,13-14H2/t18-/m0/s1. The quantitative estimate of drug-likeness (QED) is 0.936. The van der Waals surface area contributed by atoms with Crippen LogP contribution in [-0.2, 0) is 12.1 Å². The Balaban J connectivity index is 1.41. The Kier molecular flexibility index (Phi) is 4.09. The highest BCUT2D eigenvalue weighted by atomic mass is 32.1. The summed E-state index contributed by atoms with van der Waals surface area (Å²) in [5.41, 5.74) is 0.327. The Bertz CT molecular complexity index is 653. The summed E-state index contributed by atoms with van der Waals surface area (Å²) in [5, 5.41) is 12.1. The van der Waals surface area contributed by atoms with E-state index in [1.54, 1.807) is 11.3 Å². The fourth-order valence-electron chi connectivity index (χ4n) is 3.64. The maximum atomic E-state index is 10.9. The predicted molar refractivity (Wildman–Crippen MR) is 93.8 cm³/mol. The Labute approximate surface area is 141 Å². The van der Waals surface area contributed by atoms with Crippen molar-refractivity contribution < 1.29 is 5.11 Å². The van der Waals surface area contributed by atoms with Gasteiger partial charge in [0, 0.05) is 43.8 Å². The summed E-state index contributed by atoms with van der Waals surface area (Å²) in [6, 6.07) is 10.1. The van der Waals surface area contributed by atoms with Crippen LogP contribution in [0, 0.1) is 0 Å². The average Bonchev–Trinajstić information content (AvgIpc) is 3.30. The van der Waals surface area contributed by atoms with Crippen molar-refractivity contribution in [2.75, 3.05) is 31.1 Å². The summed E-state index contributed by atoms with van der Waals surface area (Å²) in [4.78, 5) is 10.6. The lowest BCUT2D eigenvalue weighted by atomic mass is 9.93. The van der Waals surface area contributed by atoms with Gasteiger partial charge in [0.15, 0.2) is 5.13 Å². The summed E-state index contributed by atoms with van der Waals surface area (Å²) >= 11 is 1.80. The first-order valence-corrected chi connectivity index (χ1v) is 9.24.